The number of aryl methyl sites for hydroxylation is 2. The van der Waals surface area contributed by atoms with Crippen molar-refractivity contribution in [3.8, 4) is 0 Å². The second kappa shape index (κ2) is 6.92. The Balaban J connectivity index is 1.89. The Bertz CT molecular complexity index is 681. The van der Waals surface area contributed by atoms with E-state index in [0.29, 0.717) is 12.1 Å². The normalized spacial score (nSPS) is 18.0. The number of rotatable bonds is 3. The molecule has 2 aromatic rings. The maximum Gasteiger partial charge on any atom is 0.256 e. The fraction of sp³-hybridized carbons (Fsp3) is 0.368. The summed E-state index contributed by atoms with van der Waals surface area (Å²) in [7, 11) is 0. The van der Waals surface area contributed by atoms with Gasteiger partial charge in [-0.2, -0.15) is 0 Å². The van der Waals surface area contributed by atoms with Crippen LogP contribution in [0, 0.1) is 6.92 Å². The molecule has 0 saturated carbocycles. The van der Waals surface area contributed by atoms with E-state index >= 15 is 0 Å². The predicted molar refractivity (Wildman–Crippen MR) is 91.4 cm³/mol. The van der Waals surface area contributed by atoms with Gasteiger partial charge in [0, 0.05) is 32.0 Å². The van der Waals surface area contributed by atoms with Crippen LogP contribution >= 0.6 is 0 Å². The molecule has 0 bridgehead atoms. The molecule has 23 heavy (non-hydrogen) atoms. The topological polar surface area (TPSA) is 45.2 Å². The zero-order chi connectivity index (χ0) is 16.2. The van der Waals surface area contributed by atoms with Crippen molar-refractivity contribution in [2.24, 2.45) is 0 Å². The van der Waals surface area contributed by atoms with Gasteiger partial charge in [-0.25, -0.2) is 0 Å². The Morgan fingerprint density at radius 3 is 2.78 bits per heavy atom. The molecule has 0 aliphatic carbocycles. The van der Waals surface area contributed by atoms with E-state index in [1.54, 1.807) is 12.4 Å². The zero-order valence-corrected chi connectivity index (χ0v) is 13.7. The first-order valence-corrected chi connectivity index (χ1v) is 8.22. The SMILES string of the molecule is CCc1ccc(C2CNCCN2C(=O)c2cnccc2C)cc1. The van der Waals surface area contributed by atoms with E-state index < -0.39 is 0 Å². The molecular weight excluding hydrogens is 286 g/mol. The number of hydrogen-bond acceptors (Lipinski definition) is 3. The molecular formula is C19H23N3O. The zero-order valence-electron chi connectivity index (χ0n) is 13.7. The summed E-state index contributed by atoms with van der Waals surface area (Å²) < 4.78 is 0. The van der Waals surface area contributed by atoms with Crippen LogP contribution < -0.4 is 5.32 Å². The molecule has 2 heterocycles. The van der Waals surface area contributed by atoms with Crippen molar-refractivity contribution in [1.82, 2.24) is 15.2 Å². The molecule has 1 aromatic carbocycles. The quantitative estimate of drug-likeness (QED) is 0.948. The standard InChI is InChI=1S/C19H23N3O/c1-3-15-4-6-16(7-5-15)18-13-21-10-11-22(18)19(23)17-12-20-9-8-14(17)2/h4-9,12,18,21H,3,10-11,13H2,1-2H3. The third-order valence-electron chi connectivity index (χ3n) is 4.55. The number of benzene rings is 1. The van der Waals surface area contributed by atoms with Crippen LogP contribution in [-0.4, -0.2) is 35.4 Å². The lowest BCUT2D eigenvalue weighted by Crippen LogP contribution is -2.48. The summed E-state index contributed by atoms with van der Waals surface area (Å²) in [6.45, 7) is 6.44. The molecule has 0 spiro atoms. The Labute approximate surface area is 137 Å². The van der Waals surface area contributed by atoms with Crippen molar-refractivity contribution in [1.29, 1.82) is 0 Å². The number of carbonyl (C=O) groups excluding carboxylic acids is 1. The van der Waals surface area contributed by atoms with Gasteiger partial charge >= 0.3 is 0 Å². The minimum absolute atomic E-state index is 0.0710. The Morgan fingerprint density at radius 2 is 2.09 bits per heavy atom. The maximum absolute atomic E-state index is 13.0. The summed E-state index contributed by atoms with van der Waals surface area (Å²) in [5.74, 6) is 0.0710. The lowest BCUT2D eigenvalue weighted by atomic mass is 9.99. The highest BCUT2D eigenvalue weighted by atomic mass is 16.2. The summed E-state index contributed by atoms with van der Waals surface area (Å²) in [5, 5.41) is 3.40. The highest BCUT2D eigenvalue weighted by Gasteiger charge is 2.29. The molecule has 1 unspecified atom stereocenters. The molecule has 1 aliphatic heterocycles. The van der Waals surface area contributed by atoms with Gasteiger partial charge in [0.25, 0.3) is 5.91 Å². The highest BCUT2D eigenvalue weighted by molar-refractivity contribution is 5.95. The predicted octanol–water partition coefficient (Wildman–Crippen LogP) is 2.74. The van der Waals surface area contributed by atoms with E-state index in [0.717, 1.165) is 25.1 Å². The van der Waals surface area contributed by atoms with E-state index in [1.807, 2.05) is 17.9 Å². The molecule has 0 radical (unpaired) electrons. The van der Waals surface area contributed by atoms with Crippen LogP contribution in [0.5, 0.6) is 0 Å². The van der Waals surface area contributed by atoms with Crippen LogP contribution in [0.1, 0.15) is 40.0 Å². The van der Waals surface area contributed by atoms with Crippen molar-refractivity contribution in [2.75, 3.05) is 19.6 Å². The molecule has 120 valence electrons. The number of pyridine rings is 1. The average Bonchev–Trinajstić information content (AvgIpc) is 2.62. The van der Waals surface area contributed by atoms with Gasteiger partial charge in [-0.3, -0.25) is 9.78 Å². The Hall–Kier alpha value is -2.20. The average molecular weight is 309 g/mol. The summed E-state index contributed by atoms with van der Waals surface area (Å²) in [4.78, 5) is 19.1. The van der Waals surface area contributed by atoms with Gasteiger partial charge in [0.05, 0.1) is 11.6 Å². The fourth-order valence-corrected chi connectivity index (χ4v) is 3.06. The molecule has 3 rings (SSSR count). The summed E-state index contributed by atoms with van der Waals surface area (Å²) in [5.41, 5.74) is 4.18. The molecule has 1 atom stereocenters. The lowest BCUT2D eigenvalue weighted by molar-refractivity contribution is 0.0633. The van der Waals surface area contributed by atoms with Gasteiger partial charge in [-0.05, 0) is 36.1 Å². The molecule has 1 amide bonds. The minimum atomic E-state index is 0.0710. The van der Waals surface area contributed by atoms with Gasteiger partial charge in [-0.15, -0.1) is 0 Å². The fourth-order valence-electron chi connectivity index (χ4n) is 3.06. The first-order valence-electron chi connectivity index (χ1n) is 8.22. The number of carbonyl (C=O) groups is 1. The van der Waals surface area contributed by atoms with Crippen LogP contribution in [-0.2, 0) is 6.42 Å². The third-order valence-corrected chi connectivity index (χ3v) is 4.55. The summed E-state index contributed by atoms with van der Waals surface area (Å²) >= 11 is 0. The number of aromatic nitrogens is 1. The minimum Gasteiger partial charge on any atom is -0.329 e. The van der Waals surface area contributed by atoms with Gasteiger partial charge < -0.3 is 10.2 Å². The van der Waals surface area contributed by atoms with Crippen molar-refractivity contribution in [3.63, 3.8) is 0 Å². The van der Waals surface area contributed by atoms with E-state index in [2.05, 4.69) is 41.5 Å². The van der Waals surface area contributed by atoms with Crippen LogP contribution in [0.2, 0.25) is 0 Å². The number of hydrogen-bond donors (Lipinski definition) is 1. The molecule has 1 aromatic heterocycles. The molecule has 1 saturated heterocycles. The number of nitrogens with zero attached hydrogens (tertiary/aromatic N) is 2. The van der Waals surface area contributed by atoms with E-state index in [9.17, 15) is 4.79 Å². The Kier molecular flexibility index (Phi) is 4.72. The second-order valence-electron chi connectivity index (χ2n) is 6.00. The largest absolute Gasteiger partial charge is 0.329 e. The third kappa shape index (κ3) is 3.27. The van der Waals surface area contributed by atoms with Crippen molar-refractivity contribution in [3.05, 3.63) is 65.0 Å². The number of amides is 1. The maximum atomic E-state index is 13.0. The van der Waals surface area contributed by atoms with E-state index in [-0.39, 0.29) is 11.9 Å². The molecule has 1 fully saturated rings. The second-order valence-corrected chi connectivity index (χ2v) is 6.00. The summed E-state index contributed by atoms with van der Waals surface area (Å²) in [6.07, 6.45) is 4.43. The molecule has 4 heteroatoms. The molecule has 1 N–H and O–H groups in total. The summed E-state index contributed by atoms with van der Waals surface area (Å²) in [6, 6.07) is 10.6. The number of piperazine rings is 1. The van der Waals surface area contributed by atoms with Crippen LogP contribution in [0.15, 0.2) is 42.7 Å². The van der Waals surface area contributed by atoms with Crippen LogP contribution in [0.4, 0.5) is 0 Å². The van der Waals surface area contributed by atoms with E-state index in [4.69, 9.17) is 0 Å². The van der Waals surface area contributed by atoms with Gasteiger partial charge in [0.15, 0.2) is 0 Å². The smallest absolute Gasteiger partial charge is 0.256 e. The molecule has 4 nitrogen and oxygen atoms in total. The van der Waals surface area contributed by atoms with Gasteiger partial charge in [0.1, 0.15) is 0 Å². The van der Waals surface area contributed by atoms with Crippen molar-refractivity contribution in [2.45, 2.75) is 26.3 Å². The molecule has 1 aliphatic rings. The van der Waals surface area contributed by atoms with Crippen molar-refractivity contribution < 1.29 is 4.79 Å². The Morgan fingerprint density at radius 1 is 1.30 bits per heavy atom. The van der Waals surface area contributed by atoms with Crippen LogP contribution in [0.3, 0.4) is 0 Å². The monoisotopic (exact) mass is 309 g/mol. The van der Waals surface area contributed by atoms with Gasteiger partial charge in [-0.1, -0.05) is 31.2 Å². The first kappa shape index (κ1) is 15.7. The lowest BCUT2D eigenvalue weighted by Gasteiger charge is -2.37. The van der Waals surface area contributed by atoms with Gasteiger partial charge in [0.2, 0.25) is 0 Å². The van der Waals surface area contributed by atoms with Crippen LogP contribution in [0.25, 0.3) is 0 Å². The highest BCUT2D eigenvalue weighted by Crippen LogP contribution is 2.25. The number of nitrogens with one attached hydrogen (secondary N) is 1. The van der Waals surface area contributed by atoms with E-state index in [1.165, 1.54) is 11.1 Å². The van der Waals surface area contributed by atoms with Crippen molar-refractivity contribution >= 4 is 5.91 Å². The first-order chi connectivity index (χ1) is 11.2.